The number of benzene rings is 1. The van der Waals surface area contributed by atoms with E-state index in [1.807, 2.05) is 18.2 Å². The fraction of sp³-hybridized carbons (Fsp3) is 0.625. The first-order chi connectivity index (χ1) is 8.56. The Hall–Kier alpha value is -0.530. The van der Waals surface area contributed by atoms with E-state index in [9.17, 15) is 0 Å². The Morgan fingerprint density at radius 1 is 1.17 bits per heavy atom. The summed E-state index contributed by atoms with van der Waals surface area (Å²) in [6.45, 7) is 4.70. The number of halogens is 1. The summed E-state index contributed by atoms with van der Waals surface area (Å²) in [6.07, 6.45) is 4.81. The number of hydrogen-bond acceptors (Lipinski definition) is 1. The van der Waals surface area contributed by atoms with E-state index in [-0.39, 0.29) is 6.04 Å². The summed E-state index contributed by atoms with van der Waals surface area (Å²) in [7, 11) is 0. The van der Waals surface area contributed by atoms with Gasteiger partial charge in [0.05, 0.1) is 0 Å². The van der Waals surface area contributed by atoms with Crippen molar-refractivity contribution in [2.75, 3.05) is 0 Å². The normalized spacial score (nSPS) is 30.1. The fourth-order valence-corrected chi connectivity index (χ4v) is 3.66. The molecule has 0 bridgehead atoms. The lowest BCUT2D eigenvalue weighted by Gasteiger charge is -2.35. The van der Waals surface area contributed by atoms with Crippen LogP contribution in [0.15, 0.2) is 24.3 Å². The molecule has 3 atom stereocenters. The molecule has 3 unspecified atom stereocenters. The first-order valence-corrected chi connectivity index (χ1v) is 7.43. The molecule has 1 aliphatic carbocycles. The first-order valence-electron chi connectivity index (χ1n) is 7.05. The smallest absolute Gasteiger partial charge is 0.0438 e. The third kappa shape index (κ3) is 3.49. The van der Waals surface area contributed by atoms with Gasteiger partial charge in [-0.15, -0.1) is 0 Å². The van der Waals surface area contributed by atoms with Gasteiger partial charge >= 0.3 is 0 Å². The Morgan fingerprint density at radius 3 is 2.39 bits per heavy atom. The average Bonchev–Trinajstić information content (AvgIpc) is 2.31. The minimum Gasteiger partial charge on any atom is -0.327 e. The second-order valence-corrected chi connectivity index (χ2v) is 6.54. The molecule has 0 aromatic heterocycles. The highest BCUT2D eigenvalue weighted by Gasteiger charge is 2.28. The minimum absolute atomic E-state index is 0.245. The lowest BCUT2D eigenvalue weighted by atomic mass is 9.73. The Labute approximate surface area is 116 Å². The second-order valence-electron chi connectivity index (χ2n) is 6.14. The van der Waals surface area contributed by atoms with E-state index in [1.165, 1.54) is 24.8 Å². The van der Waals surface area contributed by atoms with Crippen LogP contribution in [0.3, 0.4) is 0 Å². The maximum Gasteiger partial charge on any atom is 0.0438 e. The monoisotopic (exact) mass is 265 g/mol. The van der Waals surface area contributed by atoms with E-state index in [0.717, 1.165) is 23.3 Å². The maximum absolute atomic E-state index is 6.42. The number of nitrogens with two attached hydrogens (primary N) is 1. The van der Waals surface area contributed by atoms with Crippen LogP contribution in [-0.2, 0) is 6.42 Å². The summed E-state index contributed by atoms with van der Waals surface area (Å²) in [6, 6.07) is 8.31. The van der Waals surface area contributed by atoms with Crippen molar-refractivity contribution in [1.29, 1.82) is 0 Å². The van der Waals surface area contributed by atoms with Crippen molar-refractivity contribution in [3.05, 3.63) is 34.9 Å². The average molecular weight is 266 g/mol. The van der Waals surface area contributed by atoms with Gasteiger partial charge in [0.2, 0.25) is 0 Å². The van der Waals surface area contributed by atoms with Gasteiger partial charge in [0.15, 0.2) is 0 Å². The molecule has 0 saturated heterocycles. The van der Waals surface area contributed by atoms with Crippen LogP contribution in [0.25, 0.3) is 0 Å². The predicted octanol–water partition coefficient (Wildman–Crippen LogP) is 4.28. The van der Waals surface area contributed by atoms with Gasteiger partial charge < -0.3 is 5.73 Å². The van der Waals surface area contributed by atoms with Crippen molar-refractivity contribution < 1.29 is 0 Å². The minimum atomic E-state index is 0.245. The second kappa shape index (κ2) is 6.08. The third-order valence-electron chi connectivity index (χ3n) is 4.23. The standard InChI is InChI=1S/C16H24ClN/c1-11-7-12(2)9-14(8-11)16(18)10-13-5-3-4-6-15(13)17/h3-6,11-12,14,16H,7-10,18H2,1-2H3. The number of hydrogen-bond donors (Lipinski definition) is 1. The van der Waals surface area contributed by atoms with E-state index in [0.29, 0.717) is 5.92 Å². The van der Waals surface area contributed by atoms with Gasteiger partial charge in [-0.2, -0.15) is 0 Å². The zero-order chi connectivity index (χ0) is 13.1. The lowest BCUT2D eigenvalue weighted by molar-refractivity contribution is 0.192. The maximum atomic E-state index is 6.42. The molecule has 18 heavy (non-hydrogen) atoms. The summed E-state index contributed by atoms with van der Waals surface area (Å²) in [5, 5.41) is 0.852. The topological polar surface area (TPSA) is 26.0 Å². The molecular weight excluding hydrogens is 242 g/mol. The van der Waals surface area contributed by atoms with E-state index < -0.39 is 0 Å². The summed E-state index contributed by atoms with van der Waals surface area (Å²) < 4.78 is 0. The molecule has 2 heteroatoms. The van der Waals surface area contributed by atoms with E-state index in [4.69, 9.17) is 17.3 Å². The fourth-order valence-electron chi connectivity index (χ4n) is 3.44. The SMILES string of the molecule is CC1CC(C)CC(C(N)Cc2ccccc2Cl)C1. The number of rotatable bonds is 3. The van der Waals surface area contributed by atoms with Crippen LogP contribution < -0.4 is 5.73 Å². The summed E-state index contributed by atoms with van der Waals surface area (Å²) >= 11 is 6.21. The zero-order valence-corrected chi connectivity index (χ0v) is 12.2. The Morgan fingerprint density at radius 2 is 1.78 bits per heavy atom. The lowest BCUT2D eigenvalue weighted by Crippen LogP contribution is -2.37. The molecule has 0 radical (unpaired) electrons. The van der Waals surface area contributed by atoms with Crippen molar-refractivity contribution in [1.82, 2.24) is 0 Å². The molecule has 1 nitrogen and oxygen atoms in total. The van der Waals surface area contributed by atoms with E-state index in [1.54, 1.807) is 0 Å². The molecule has 2 rings (SSSR count). The quantitative estimate of drug-likeness (QED) is 0.867. The molecule has 0 spiro atoms. The van der Waals surface area contributed by atoms with Crippen LogP contribution in [-0.4, -0.2) is 6.04 Å². The van der Waals surface area contributed by atoms with Crippen LogP contribution in [0.4, 0.5) is 0 Å². The zero-order valence-electron chi connectivity index (χ0n) is 11.4. The molecule has 0 amide bonds. The first kappa shape index (κ1) is 13.9. The highest BCUT2D eigenvalue weighted by atomic mass is 35.5. The van der Waals surface area contributed by atoms with Gasteiger partial charge in [-0.25, -0.2) is 0 Å². The predicted molar refractivity (Wildman–Crippen MR) is 78.8 cm³/mol. The highest BCUT2D eigenvalue weighted by molar-refractivity contribution is 6.31. The molecule has 0 aliphatic heterocycles. The van der Waals surface area contributed by atoms with Crippen molar-refractivity contribution >= 4 is 11.6 Å². The molecule has 1 fully saturated rings. The van der Waals surface area contributed by atoms with Crippen LogP contribution >= 0.6 is 11.6 Å². The summed E-state index contributed by atoms with van der Waals surface area (Å²) in [5.74, 6) is 2.28. The molecule has 1 aromatic carbocycles. The highest BCUT2D eigenvalue weighted by Crippen LogP contribution is 2.35. The molecule has 2 N–H and O–H groups in total. The molecule has 0 heterocycles. The van der Waals surface area contributed by atoms with Gasteiger partial charge in [0.1, 0.15) is 0 Å². The van der Waals surface area contributed by atoms with Crippen LogP contribution in [0, 0.1) is 17.8 Å². The van der Waals surface area contributed by atoms with Crippen molar-refractivity contribution in [2.24, 2.45) is 23.5 Å². The third-order valence-corrected chi connectivity index (χ3v) is 4.60. The molecule has 1 aliphatic rings. The van der Waals surface area contributed by atoms with Gasteiger partial charge in [-0.05, 0) is 55.1 Å². The van der Waals surface area contributed by atoms with Crippen LogP contribution in [0.5, 0.6) is 0 Å². The van der Waals surface area contributed by atoms with Crippen molar-refractivity contribution in [2.45, 2.75) is 45.6 Å². The molecule has 1 aromatic rings. The largest absolute Gasteiger partial charge is 0.327 e. The van der Waals surface area contributed by atoms with Crippen LogP contribution in [0.2, 0.25) is 5.02 Å². The van der Waals surface area contributed by atoms with Gasteiger partial charge in [0, 0.05) is 11.1 Å². The summed E-state index contributed by atoms with van der Waals surface area (Å²) in [5.41, 5.74) is 7.61. The summed E-state index contributed by atoms with van der Waals surface area (Å²) in [4.78, 5) is 0. The molecule has 1 saturated carbocycles. The van der Waals surface area contributed by atoms with E-state index in [2.05, 4.69) is 19.9 Å². The van der Waals surface area contributed by atoms with Crippen molar-refractivity contribution in [3.8, 4) is 0 Å². The molecule has 100 valence electrons. The van der Waals surface area contributed by atoms with Gasteiger partial charge in [0.25, 0.3) is 0 Å². The van der Waals surface area contributed by atoms with Gasteiger partial charge in [-0.1, -0.05) is 43.6 Å². The Kier molecular flexibility index (Phi) is 4.69. The molecular formula is C16H24ClN. The Bertz CT molecular complexity index is 380. The van der Waals surface area contributed by atoms with Crippen LogP contribution in [0.1, 0.15) is 38.7 Å². The van der Waals surface area contributed by atoms with Gasteiger partial charge in [-0.3, -0.25) is 0 Å². The van der Waals surface area contributed by atoms with Crippen molar-refractivity contribution in [3.63, 3.8) is 0 Å². The van der Waals surface area contributed by atoms with E-state index >= 15 is 0 Å². The Balaban J connectivity index is 1.99.